The average molecular weight is 322 g/mol. The van der Waals surface area contributed by atoms with Crippen LogP contribution in [0.3, 0.4) is 0 Å². The molecule has 3 rings (SSSR count). The second-order valence-electron chi connectivity index (χ2n) is 7.42. The van der Waals surface area contributed by atoms with Gasteiger partial charge in [0.05, 0.1) is 0 Å². The summed E-state index contributed by atoms with van der Waals surface area (Å²) in [5, 5.41) is 0. The Morgan fingerprint density at radius 3 is 2.25 bits per heavy atom. The highest BCUT2D eigenvalue weighted by atomic mass is 15.2. The van der Waals surface area contributed by atoms with Crippen LogP contribution >= 0.6 is 0 Å². The molecule has 0 radical (unpaired) electrons. The van der Waals surface area contributed by atoms with Crippen molar-refractivity contribution in [2.45, 2.75) is 45.3 Å². The molecule has 2 heteroatoms. The van der Waals surface area contributed by atoms with E-state index in [0.717, 1.165) is 6.54 Å². The van der Waals surface area contributed by atoms with E-state index in [1.165, 1.54) is 30.6 Å². The first-order valence-corrected chi connectivity index (χ1v) is 9.21. The second-order valence-corrected chi connectivity index (χ2v) is 7.42. The van der Waals surface area contributed by atoms with E-state index in [2.05, 4.69) is 91.4 Å². The van der Waals surface area contributed by atoms with Gasteiger partial charge >= 0.3 is 0 Å². The zero-order valence-electron chi connectivity index (χ0n) is 15.2. The SMILES string of the molecule is CC(C)[C@H]1C[C@H](N(Cc2ccccc2)c2ccccc2)CCN1C. The average Bonchev–Trinajstić information content (AvgIpc) is 2.62. The van der Waals surface area contributed by atoms with Gasteiger partial charge in [0.1, 0.15) is 0 Å². The minimum atomic E-state index is 0.608. The molecule has 1 fully saturated rings. The van der Waals surface area contributed by atoms with Crippen LogP contribution < -0.4 is 4.90 Å². The van der Waals surface area contributed by atoms with Gasteiger partial charge in [0.2, 0.25) is 0 Å². The van der Waals surface area contributed by atoms with Gasteiger partial charge in [-0.1, -0.05) is 62.4 Å². The molecule has 0 bridgehead atoms. The standard InChI is InChI=1S/C22H30N2/c1-18(2)22-16-21(14-15-23(22)3)24(20-12-8-5-9-13-20)17-19-10-6-4-7-11-19/h4-13,18,21-22H,14-17H2,1-3H3/t21-,22-/m1/s1. The topological polar surface area (TPSA) is 6.48 Å². The molecule has 2 aromatic rings. The van der Waals surface area contributed by atoms with Crippen LogP contribution in [0.15, 0.2) is 60.7 Å². The van der Waals surface area contributed by atoms with E-state index in [1.54, 1.807) is 0 Å². The van der Waals surface area contributed by atoms with Gasteiger partial charge in [-0.05, 0) is 43.5 Å². The molecule has 1 heterocycles. The van der Waals surface area contributed by atoms with Crippen LogP contribution in [0.1, 0.15) is 32.3 Å². The molecule has 0 unspecified atom stereocenters. The Balaban J connectivity index is 1.84. The first-order chi connectivity index (χ1) is 11.6. The smallest absolute Gasteiger partial charge is 0.0432 e. The van der Waals surface area contributed by atoms with Crippen molar-refractivity contribution < 1.29 is 0 Å². The largest absolute Gasteiger partial charge is 0.364 e. The van der Waals surface area contributed by atoms with Crippen molar-refractivity contribution in [1.29, 1.82) is 0 Å². The van der Waals surface area contributed by atoms with Crippen molar-refractivity contribution in [2.24, 2.45) is 5.92 Å². The van der Waals surface area contributed by atoms with Crippen LogP contribution in [0.25, 0.3) is 0 Å². The molecule has 0 amide bonds. The molecule has 24 heavy (non-hydrogen) atoms. The summed E-state index contributed by atoms with van der Waals surface area (Å²) in [6.45, 7) is 6.89. The zero-order valence-corrected chi connectivity index (χ0v) is 15.2. The number of hydrogen-bond acceptors (Lipinski definition) is 2. The lowest BCUT2D eigenvalue weighted by Crippen LogP contribution is -2.50. The molecule has 0 spiro atoms. The van der Waals surface area contributed by atoms with Gasteiger partial charge in [-0.15, -0.1) is 0 Å². The van der Waals surface area contributed by atoms with E-state index < -0.39 is 0 Å². The molecule has 1 saturated heterocycles. The minimum absolute atomic E-state index is 0.608. The highest BCUT2D eigenvalue weighted by molar-refractivity contribution is 5.48. The van der Waals surface area contributed by atoms with Crippen molar-refractivity contribution in [3.05, 3.63) is 66.2 Å². The van der Waals surface area contributed by atoms with Gasteiger partial charge in [-0.3, -0.25) is 0 Å². The lowest BCUT2D eigenvalue weighted by atomic mass is 9.88. The van der Waals surface area contributed by atoms with Crippen molar-refractivity contribution in [2.75, 3.05) is 18.5 Å². The van der Waals surface area contributed by atoms with Crippen LogP contribution in [0, 0.1) is 5.92 Å². The van der Waals surface area contributed by atoms with Crippen LogP contribution in [0.2, 0.25) is 0 Å². The highest BCUT2D eigenvalue weighted by Crippen LogP contribution is 2.30. The number of rotatable bonds is 5. The first kappa shape index (κ1) is 17.0. The third kappa shape index (κ3) is 3.99. The number of hydrogen-bond donors (Lipinski definition) is 0. The predicted octanol–water partition coefficient (Wildman–Crippen LogP) is 4.81. The van der Waals surface area contributed by atoms with Gasteiger partial charge < -0.3 is 9.80 Å². The Hall–Kier alpha value is -1.80. The molecule has 0 N–H and O–H groups in total. The molecule has 128 valence electrons. The van der Waals surface area contributed by atoms with Crippen LogP contribution in [0.4, 0.5) is 5.69 Å². The molecule has 2 nitrogen and oxygen atoms in total. The Morgan fingerprint density at radius 2 is 1.62 bits per heavy atom. The van der Waals surface area contributed by atoms with E-state index in [1.807, 2.05) is 0 Å². The van der Waals surface area contributed by atoms with Crippen LogP contribution in [-0.4, -0.2) is 30.6 Å². The van der Waals surface area contributed by atoms with Gasteiger partial charge in [-0.2, -0.15) is 0 Å². The number of anilines is 1. The van der Waals surface area contributed by atoms with Gasteiger partial charge in [0.25, 0.3) is 0 Å². The number of piperidine rings is 1. The van der Waals surface area contributed by atoms with Crippen molar-refractivity contribution >= 4 is 5.69 Å². The van der Waals surface area contributed by atoms with Crippen LogP contribution in [0.5, 0.6) is 0 Å². The summed E-state index contributed by atoms with van der Waals surface area (Å²) in [7, 11) is 2.28. The summed E-state index contributed by atoms with van der Waals surface area (Å²) >= 11 is 0. The number of benzene rings is 2. The lowest BCUT2D eigenvalue weighted by molar-refractivity contribution is 0.127. The fraction of sp³-hybridized carbons (Fsp3) is 0.455. The Labute approximate surface area is 147 Å². The van der Waals surface area contributed by atoms with Crippen molar-refractivity contribution in [3.8, 4) is 0 Å². The third-order valence-corrected chi connectivity index (χ3v) is 5.39. The number of nitrogens with zero attached hydrogens (tertiary/aromatic N) is 2. The van der Waals surface area contributed by atoms with E-state index >= 15 is 0 Å². The van der Waals surface area contributed by atoms with Crippen molar-refractivity contribution in [1.82, 2.24) is 4.90 Å². The molecular weight excluding hydrogens is 292 g/mol. The normalized spacial score (nSPS) is 21.8. The third-order valence-electron chi connectivity index (χ3n) is 5.39. The molecule has 0 aliphatic carbocycles. The van der Waals surface area contributed by atoms with Gasteiger partial charge in [0.15, 0.2) is 0 Å². The molecular formula is C22H30N2. The van der Waals surface area contributed by atoms with E-state index in [0.29, 0.717) is 18.0 Å². The maximum absolute atomic E-state index is 2.62. The highest BCUT2D eigenvalue weighted by Gasteiger charge is 2.31. The predicted molar refractivity (Wildman–Crippen MR) is 103 cm³/mol. The molecule has 2 aromatic carbocycles. The molecule has 0 aromatic heterocycles. The lowest BCUT2D eigenvalue weighted by Gasteiger charge is -2.44. The summed E-state index contributed by atoms with van der Waals surface area (Å²) in [6, 6.07) is 23.1. The van der Waals surface area contributed by atoms with E-state index in [4.69, 9.17) is 0 Å². The van der Waals surface area contributed by atoms with Gasteiger partial charge in [-0.25, -0.2) is 0 Å². The summed E-state index contributed by atoms with van der Waals surface area (Å²) in [6.07, 6.45) is 2.48. The zero-order chi connectivity index (χ0) is 16.9. The quantitative estimate of drug-likeness (QED) is 0.779. The molecule has 2 atom stereocenters. The first-order valence-electron chi connectivity index (χ1n) is 9.21. The fourth-order valence-electron chi connectivity index (χ4n) is 3.99. The molecule has 1 aliphatic rings. The maximum atomic E-state index is 2.62. The van der Waals surface area contributed by atoms with E-state index in [9.17, 15) is 0 Å². The van der Waals surface area contributed by atoms with E-state index in [-0.39, 0.29) is 0 Å². The monoisotopic (exact) mass is 322 g/mol. The van der Waals surface area contributed by atoms with Crippen LogP contribution in [-0.2, 0) is 6.54 Å². The Morgan fingerprint density at radius 1 is 1.00 bits per heavy atom. The number of likely N-dealkylation sites (tertiary alicyclic amines) is 1. The Bertz CT molecular complexity index is 608. The summed E-state index contributed by atoms with van der Waals surface area (Å²) in [5.41, 5.74) is 2.74. The fourth-order valence-corrected chi connectivity index (χ4v) is 3.99. The summed E-state index contributed by atoms with van der Waals surface area (Å²) < 4.78 is 0. The van der Waals surface area contributed by atoms with Gasteiger partial charge in [0, 0.05) is 30.9 Å². The summed E-state index contributed by atoms with van der Waals surface area (Å²) in [5.74, 6) is 0.701. The van der Waals surface area contributed by atoms with Crippen molar-refractivity contribution in [3.63, 3.8) is 0 Å². The number of para-hydroxylation sites is 1. The maximum Gasteiger partial charge on any atom is 0.0432 e. The Kier molecular flexibility index (Phi) is 5.57. The molecule has 1 aliphatic heterocycles. The minimum Gasteiger partial charge on any atom is -0.364 e. The second kappa shape index (κ2) is 7.85. The summed E-state index contributed by atoms with van der Waals surface area (Å²) in [4.78, 5) is 5.17. The molecule has 0 saturated carbocycles.